The van der Waals surface area contributed by atoms with Gasteiger partial charge in [0.25, 0.3) is 0 Å². The summed E-state index contributed by atoms with van der Waals surface area (Å²) in [6.07, 6.45) is 4.73. The van der Waals surface area contributed by atoms with Crippen LogP contribution >= 0.6 is 0 Å². The average Bonchev–Trinajstić information content (AvgIpc) is 2.75. The van der Waals surface area contributed by atoms with Gasteiger partial charge in [0.15, 0.2) is 0 Å². The van der Waals surface area contributed by atoms with Gasteiger partial charge in [-0.2, -0.15) is 0 Å². The third kappa shape index (κ3) is 1.64. The minimum atomic E-state index is 0.799. The molecule has 1 nitrogen and oxygen atoms in total. The van der Waals surface area contributed by atoms with E-state index in [-0.39, 0.29) is 0 Å². The van der Waals surface area contributed by atoms with Crippen molar-refractivity contribution < 1.29 is 5.11 Å². The molecule has 0 unspecified atom stereocenters. The molecule has 0 aliphatic heterocycles. The highest BCUT2D eigenvalue weighted by molar-refractivity contribution is 5.77. The van der Waals surface area contributed by atoms with Gasteiger partial charge in [-0.15, -0.1) is 0 Å². The van der Waals surface area contributed by atoms with E-state index in [2.05, 4.69) is 42.5 Å². The molecule has 0 saturated heterocycles. The minimum absolute atomic E-state index is 0.799. The van der Waals surface area contributed by atoms with Gasteiger partial charge in [0.2, 0.25) is 0 Å². The van der Waals surface area contributed by atoms with Gasteiger partial charge in [0, 0.05) is 0 Å². The number of hydrogen-bond acceptors (Lipinski definition) is 1. The number of rotatable bonds is 2. The van der Waals surface area contributed by atoms with Gasteiger partial charge in [-0.3, -0.25) is 0 Å². The van der Waals surface area contributed by atoms with Gasteiger partial charge in [0.1, 0.15) is 0 Å². The molecule has 0 fully saturated rings. The van der Waals surface area contributed by atoms with Crippen molar-refractivity contribution in [1.29, 1.82) is 0 Å². The summed E-state index contributed by atoms with van der Waals surface area (Å²) >= 11 is 0. The predicted octanol–water partition coefficient (Wildman–Crippen LogP) is 3.87. The van der Waals surface area contributed by atoms with Crippen molar-refractivity contribution in [2.75, 3.05) is 0 Å². The van der Waals surface area contributed by atoms with Crippen LogP contribution in [0.15, 0.2) is 54.8 Å². The summed E-state index contributed by atoms with van der Waals surface area (Å²) in [5.74, 6) is 0. The third-order valence-corrected chi connectivity index (χ3v) is 3.39. The van der Waals surface area contributed by atoms with E-state index in [1.165, 1.54) is 27.8 Å². The molecular formula is C16H14O. The van der Waals surface area contributed by atoms with Gasteiger partial charge in [0.05, 0.1) is 6.26 Å². The van der Waals surface area contributed by atoms with E-state index < -0.39 is 0 Å². The molecule has 84 valence electrons. The Morgan fingerprint density at radius 3 is 2.71 bits per heavy atom. The van der Waals surface area contributed by atoms with Crippen molar-refractivity contribution >= 4 is 0 Å². The molecule has 2 aromatic carbocycles. The second-order valence-electron chi connectivity index (χ2n) is 4.37. The number of aliphatic hydroxyl groups is 1. The zero-order valence-electron chi connectivity index (χ0n) is 9.56. The summed E-state index contributed by atoms with van der Waals surface area (Å²) in [4.78, 5) is 0. The third-order valence-electron chi connectivity index (χ3n) is 3.39. The van der Waals surface area contributed by atoms with Gasteiger partial charge < -0.3 is 5.11 Å². The first kappa shape index (κ1) is 10.2. The number of fused-ring (bicyclic) bond motifs is 3. The van der Waals surface area contributed by atoms with Crippen molar-refractivity contribution in [3.63, 3.8) is 0 Å². The standard InChI is InChI=1S/C16H14O/c17-10-4-7-12-6-3-9-15-14-8-2-1-5-13(14)11-16(12)15/h1-6,8-10,17H,7,11H2. The molecule has 1 N–H and O–H groups in total. The molecule has 17 heavy (non-hydrogen) atoms. The maximum Gasteiger partial charge on any atom is 0.0755 e. The van der Waals surface area contributed by atoms with E-state index in [1.54, 1.807) is 6.08 Å². The quantitative estimate of drug-likeness (QED) is 0.652. The Morgan fingerprint density at radius 1 is 1.00 bits per heavy atom. The second-order valence-corrected chi connectivity index (χ2v) is 4.37. The Labute approximate surface area is 101 Å². The lowest BCUT2D eigenvalue weighted by molar-refractivity contribution is 0.471. The Morgan fingerprint density at radius 2 is 1.82 bits per heavy atom. The lowest BCUT2D eigenvalue weighted by Gasteiger charge is -2.05. The summed E-state index contributed by atoms with van der Waals surface area (Å²) in [6, 6.07) is 15.0. The highest BCUT2D eigenvalue weighted by Crippen LogP contribution is 2.38. The largest absolute Gasteiger partial charge is 0.516 e. The Balaban J connectivity index is 2.10. The van der Waals surface area contributed by atoms with Crippen LogP contribution < -0.4 is 0 Å². The molecule has 0 atom stereocenters. The van der Waals surface area contributed by atoms with Crippen molar-refractivity contribution in [3.05, 3.63) is 71.5 Å². The first-order chi connectivity index (χ1) is 8.40. The summed E-state index contributed by atoms with van der Waals surface area (Å²) < 4.78 is 0. The molecule has 2 aromatic rings. The molecule has 0 heterocycles. The van der Waals surface area contributed by atoms with Crippen LogP contribution in [0.1, 0.15) is 16.7 Å². The van der Waals surface area contributed by atoms with Crippen molar-refractivity contribution in [3.8, 4) is 11.1 Å². The van der Waals surface area contributed by atoms with Crippen LogP contribution in [0.25, 0.3) is 11.1 Å². The molecule has 0 aromatic heterocycles. The zero-order valence-corrected chi connectivity index (χ0v) is 9.56. The normalized spacial score (nSPS) is 12.7. The number of allylic oxidation sites excluding steroid dienone is 1. The van der Waals surface area contributed by atoms with Crippen molar-refractivity contribution in [2.24, 2.45) is 0 Å². The molecule has 0 amide bonds. The van der Waals surface area contributed by atoms with Crippen LogP contribution in [0, 0.1) is 0 Å². The SMILES string of the molecule is OC=CCc1cccc2c1Cc1ccccc1-2. The first-order valence-corrected chi connectivity index (χ1v) is 5.88. The smallest absolute Gasteiger partial charge is 0.0755 e. The first-order valence-electron chi connectivity index (χ1n) is 5.88. The monoisotopic (exact) mass is 222 g/mol. The molecule has 1 aliphatic carbocycles. The highest BCUT2D eigenvalue weighted by atomic mass is 16.2. The van der Waals surface area contributed by atoms with Crippen LogP contribution in [-0.2, 0) is 12.8 Å². The van der Waals surface area contributed by atoms with Crippen LogP contribution in [0.5, 0.6) is 0 Å². The summed E-state index contributed by atoms with van der Waals surface area (Å²) in [5.41, 5.74) is 6.83. The lowest BCUT2D eigenvalue weighted by atomic mass is 9.99. The van der Waals surface area contributed by atoms with E-state index in [0.29, 0.717) is 0 Å². The maximum absolute atomic E-state index is 8.77. The second kappa shape index (κ2) is 4.10. The molecular weight excluding hydrogens is 208 g/mol. The summed E-state index contributed by atoms with van der Waals surface area (Å²) in [6.45, 7) is 0. The molecule has 0 radical (unpaired) electrons. The lowest BCUT2D eigenvalue weighted by Crippen LogP contribution is -1.90. The molecule has 1 heteroatoms. The summed E-state index contributed by atoms with van der Waals surface area (Å²) in [7, 11) is 0. The molecule has 0 spiro atoms. The van der Waals surface area contributed by atoms with Crippen LogP contribution in [0.3, 0.4) is 0 Å². The fourth-order valence-corrected chi connectivity index (χ4v) is 2.59. The fraction of sp³-hybridized carbons (Fsp3) is 0.125. The van der Waals surface area contributed by atoms with Gasteiger partial charge in [-0.25, -0.2) is 0 Å². The van der Waals surface area contributed by atoms with Gasteiger partial charge in [-0.05, 0) is 46.7 Å². The van der Waals surface area contributed by atoms with Crippen molar-refractivity contribution in [2.45, 2.75) is 12.8 Å². The summed E-state index contributed by atoms with van der Waals surface area (Å²) in [5, 5.41) is 8.77. The van der Waals surface area contributed by atoms with E-state index in [0.717, 1.165) is 19.1 Å². The average molecular weight is 222 g/mol. The van der Waals surface area contributed by atoms with E-state index in [1.807, 2.05) is 0 Å². The Bertz CT molecular complexity index is 582. The van der Waals surface area contributed by atoms with Crippen LogP contribution in [0.4, 0.5) is 0 Å². The van der Waals surface area contributed by atoms with Gasteiger partial charge >= 0.3 is 0 Å². The van der Waals surface area contributed by atoms with Crippen molar-refractivity contribution in [1.82, 2.24) is 0 Å². The van der Waals surface area contributed by atoms with E-state index in [4.69, 9.17) is 5.11 Å². The minimum Gasteiger partial charge on any atom is -0.516 e. The molecule has 0 bridgehead atoms. The topological polar surface area (TPSA) is 20.2 Å². The number of hydrogen-bond donors (Lipinski definition) is 1. The number of benzene rings is 2. The predicted molar refractivity (Wildman–Crippen MR) is 70.2 cm³/mol. The zero-order chi connectivity index (χ0) is 11.7. The van der Waals surface area contributed by atoms with E-state index >= 15 is 0 Å². The Hall–Kier alpha value is -2.02. The van der Waals surface area contributed by atoms with E-state index in [9.17, 15) is 0 Å². The number of aliphatic hydroxyl groups excluding tert-OH is 1. The van der Waals surface area contributed by atoms with Crippen LogP contribution in [0.2, 0.25) is 0 Å². The van der Waals surface area contributed by atoms with Crippen LogP contribution in [-0.4, -0.2) is 5.11 Å². The Kier molecular flexibility index (Phi) is 2.45. The molecule has 1 aliphatic rings. The maximum atomic E-state index is 8.77. The fourth-order valence-electron chi connectivity index (χ4n) is 2.59. The van der Waals surface area contributed by atoms with Gasteiger partial charge in [-0.1, -0.05) is 42.5 Å². The highest BCUT2D eigenvalue weighted by Gasteiger charge is 2.19. The molecule has 0 saturated carbocycles. The molecule has 3 rings (SSSR count).